The Morgan fingerprint density at radius 2 is 1.77 bits per heavy atom. The molecule has 2 N–H and O–H groups in total. The lowest BCUT2D eigenvalue weighted by Crippen LogP contribution is -2.12. The van der Waals surface area contributed by atoms with Crippen LogP contribution >= 0.6 is 11.3 Å². The minimum atomic E-state index is -3.65. The molecule has 5 nitrogen and oxygen atoms in total. The van der Waals surface area contributed by atoms with Crippen LogP contribution in [0, 0.1) is 0 Å². The number of hydrogen-bond acceptors (Lipinski definition) is 4. The van der Waals surface area contributed by atoms with E-state index in [-0.39, 0.29) is 9.77 Å². The molecular weight excluding hydrogens is 322 g/mol. The molecule has 0 atom stereocenters. The van der Waals surface area contributed by atoms with Gasteiger partial charge in [0.05, 0.1) is 4.90 Å². The number of carboxylic acids is 1. The summed E-state index contributed by atoms with van der Waals surface area (Å²) < 4.78 is 27.8. The Morgan fingerprint density at radius 1 is 1.05 bits per heavy atom. The molecule has 0 amide bonds. The van der Waals surface area contributed by atoms with Crippen molar-refractivity contribution in [2.75, 3.05) is 4.72 Å². The monoisotopic (exact) mass is 333 g/mol. The van der Waals surface area contributed by atoms with E-state index in [1.54, 1.807) is 36.4 Å². The van der Waals surface area contributed by atoms with Crippen molar-refractivity contribution in [3.63, 3.8) is 0 Å². The maximum absolute atomic E-state index is 12.2. The van der Waals surface area contributed by atoms with Crippen LogP contribution in [0.15, 0.2) is 59.5 Å². The van der Waals surface area contributed by atoms with Crippen LogP contribution in [0.5, 0.6) is 0 Å². The summed E-state index contributed by atoms with van der Waals surface area (Å²) in [6.45, 7) is 0. The van der Waals surface area contributed by atoms with Crippen LogP contribution in [-0.4, -0.2) is 19.5 Å². The van der Waals surface area contributed by atoms with Gasteiger partial charge in [-0.2, -0.15) is 0 Å². The molecule has 0 aliphatic rings. The first-order valence-electron chi connectivity index (χ1n) is 6.30. The fourth-order valence-electron chi connectivity index (χ4n) is 2.03. The molecule has 0 aliphatic heterocycles. The van der Waals surface area contributed by atoms with Gasteiger partial charge in [0, 0.05) is 10.4 Å². The quantitative estimate of drug-likeness (QED) is 0.766. The van der Waals surface area contributed by atoms with E-state index in [1.165, 1.54) is 18.2 Å². The number of anilines is 1. The maximum atomic E-state index is 12.2. The summed E-state index contributed by atoms with van der Waals surface area (Å²) in [5.41, 5.74) is 0.395. The Balaban J connectivity index is 1.96. The van der Waals surface area contributed by atoms with Gasteiger partial charge < -0.3 is 5.11 Å². The molecule has 1 heterocycles. The highest BCUT2D eigenvalue weighted by Gasteiger charge is 2.14. The maximum Gasteiger partial charge on any atom is 0.345 e. The lowest BCUT2D eigenvalue weighted by molar-refractivity contribution is 0.0702. The molecule has 0 radical (unpaired) electrons. The average molecular weight is 333 g/mol. The second kappa shape index (κ2) is 5.43. The van der Waals surface area contributed by atoms with Crippen LogP contribution in [-0.2, 0) is 10.0 Å². The van der Waals surface area contributed by atoms with Crippen molar-refractivity contribution in [1.82, 2.24) is 0 Å². The summed E-state index contributed by atoms with van der Waals surface area (Å²) in [6, 6.07) is 14.5. The molecule has 2 aromatic carbocycles. The SMILES string of the molecule is O=C(O)c1cc2cc(NS(=O)(=O)c3ccccc3)ccc2s1. The van der Waals surface area contributed by atoms with Crippen molar-refractivity contribution in [3.8, 4) is 0 Å². The first kappa shape index (κ1) is 14.6. The number of carboxylic acid groups (broad SMARTS) is 1. The lowest BCUT2D eigenvalue weighted by atomic mass is 10.2. The zero-order valence-electron chi connectivity index (χ0n) is 11.2. The van der Waals surface area contributed by atoms with E-state index in [1.807, 2.05) is 0 Å². The number of sulfonamides is 1. The van der Waals surface area contributed by atoms with Gasteiger partial charge in [-0.3, -0.25) is 4.72 Å². The average Bonchev–Trinajstić information content (AvgIpc) is 2.91. The van der Waals surface area contributed by atoms with E-state index < -0.39 is 16.0 Å². The summed E-state index contributed by atoms with van der Waals surface area (Å²) in [4.78, 5) is 11.4. The van der Waals surface area contributed by atoms with Gasteiger partial charge in [-0.25, -0.2) is 13.2 Å². The predicted molar refractivity (Wildman–Crippen MR) is 86.0 cm³/mol. The summed E-state index contributed by atoms with van der Waals surface area (Å²) in [5, 5.41) is 9.68. The zero-order valence-corrected chi connectivity index (χ0v) is 12.8. The second-order valence-electron chi connectivity index (χ2n) is 4.59. The van der Waals surface area contributed by atoms with E-state index in [9.17, 15) is 13.2 Å². The molecule has 22 heavy (non-hydrogen) atoms. The Kier molecular flexibility index (Phi) is 3.59. The molecule has 0 unspecified atom stereocenters. The molecule has 3 rings (SSSR count). The molecule has 0 saturated carbocycles. The Morgan fingerprint density at radius 3 is 2.45 bits per heavy atom. The summed E-state index contributed by atoms with van der Waals surface area (Å²) >= 11 is 1.15. The van der Waals surface area contributed by atoms with Crippen LogP contribution < -0.4 is 4.72 Å². The predicted octanol–water partition coefficient (Wildman–Crippen LogP) is 3.40. The van der Waals surface area contributed by atoms with E-state index in [0.29, 0.717) is 11.1 Å². The molecule has 112 valence electrons. The number of thiophene rings is 1. The lowest BCUT2D eigenvalue weighted by Gasteiger charge is -2.07. The summed E-state index contributed by atoms with van der Waals surface area (Å²) in [7, 11) is -3.65. The molecule has 0 bridgehead atoms. The number of carbonyl (C=O) groups is 1. The van der Waals surface area contributed by atoms with Gasteiger partial charge >= 0.3 is 5.97 Å². The van der Waals surface area contributed by atoms with Gasteiger partial charge in [0.1, 0.15) is 4.88 Å². The highest BCUT2D eigenvalue weighted by Crippen LogP contribution is 2.29. The number of fused-ring (bicyclic) bond motifs is 1. The standard InChI is InChI=1S/C15H11NO4S2/c17-15(18)14-9-10-8-11(6-7-13(10)21-14)16-22(19,20)12-4-2-1-3-5-12/h1-9,16H,(H,17,18). The first-order chi connectivity index (χ1) is 10.5. The molecule has 7 heteroatoms. The highest BCUT2D eigenvalue weighted by atomic mass is 32.2. The van der Waals surface area contributed by atoms with Gasteiger partial charge in [0.25, 0.3) is 10.0 Å². The normalized spacial score (nSPS) is 11.5. The van der Waals surface area contributed by atoms with E-state index >= 15 is 0 Å². The van der Waals surface area contributed by atoms with Crippen molar-refractivity contribution < 1.29 is 18.3 Å². The van der Waals surface area contributed by atoms with E-state index in [0.717, 1.165) is 16.0 Å². The molecule has 0 spiro atoms. The van der Waals surface area contributed by atoms with Gasteiger partial charge in [0.15, 0.2) is 0 Å². The van der Waals surface area contributed by atoms with Crippen molar-refractivity contribution in [1.29, 1.82) is 0 Å². The molecular formula is C15H11NO4S2. The zero-order chi connectivity index (χ0) is 15.7. The fourth-order valence-corrected chi connectivity index (χ4v) is 3.98. The summed E-state index contributed by atoms with van der Waals surface area (Å²) in [6.07, 6.45) is 0. The molecule has 3 aromatic rings. The Labute approximate surface area is 130 Å². The van der Waals surface area contributed by atoms with Crippen LogP contribution in [0.25, 0.3) is 10.1 Å². The van der Waals surface area contributed by atoms with Crippen molar-refractivity contribution in [3.05, 3.63) is 59.5 Å². The van der Waals surface area contributed by atoms with Crippen molar-refractivity contribution in [2.24, 2.45) is 0 Å². The molecule has 0 fully saturated rings. The van der Waals surface area contributed by atoms with Gasteiger partial charge in [-0.15, -0.1) is 11.3 Å². The van der Waals surface area contributed by atoms with Crippen LogP contribution in [0.4, 0.5) is 5.69 Å². The molecule has 0 saturated heterocycles. The van der Waals surface area contributed by atoms with Crippen LogP contribution in [0.1, 0.15) is 9.67 Å². The van der Waals surface area contributed by atoms with Gasteiger partial charge in [-0.1, -0.05) is 18.2 Å². The van der Waals surface area contributed by atoms with Crippen LogP contribution in [0.2, 0.25) is 0 Å². The van der Waals surface area contributed by atoms with Gasteiger partial charge in [-0.05, 0) is 41.8 Å². The second-order valence-corrected chi connectivity index (χ2v) is 7.35. The van der Waals surface area contributed by atoms with E-state index in [4.69, 9.17) is 5.11 Å². The topological polar surface area (TPSA) is 83.5 Å². The number of aromatic carboxylic acids is 1. The van der Waals surface area contributed by atoms with E-state index in [2.05, 4.69) is 4.72 Å². The Bertz CT molecular complexity index is 946. The number of benzene rings is 2. The largest absolute Gasteiger partial charge is 0.477 e. The molecule has 0 aliphatic carbocycles. The first-order valence-corrected chi connectivity index (χ1v) is 8.60. The minimum Gasteiger partial charge on any atom is -0.477 e. The third-order valence-electron chi connectivity index (χ3n) is 3.03. The minimum absolute atomic E-state index is 0.173. The number of nitrogens with one attached hydrogen (secondary N) is 1. The fraction of sp³-hybridized carbons (Fsp3) is 0. The van der Waals surface area contributed by atoms with Gasteiger partial charge in [0.2, 0.25) is 0 Å². The number of hydrogen-bond donors (Lipinski definition) is 2. The van der Waals surface area contributed by atoms with Crippen LogP contribution in [0.3, 0.4) is 0 Å². The number of rotatable bonds is 4. The third kappa shape index (κ3) is 2.81. The molecule has 1 aromatic heterocycles. The highest BCUT2D eigenvalue weighted by molar-refractivity contribution is 7.92. The smallest absolute Gasteiger partial charge is 0.345 e. The summed E-state index contributed by atoms with van der Waals surface area (Å²) in [5.74, 6) is -0.993. The Hall–Kier alpha value is -2.38. The van der Waals surface area contributed by atoms with Crippen molar-refractivity contribution in [2.45, 2.75) is 4.90 Å². The third-order valence-corrected chi connectivity index (χ3v) is 5.53. The van der Waals surface area contributed by atoms with Crippen molar-refractivity contribution >= 4 is 43.1 Å².